The summed E-state index contributed by atoms with van der Waals surface area (Å²) in [5.41, 5.74) is -0.394. The lowest BCUT2D eigenvalue weighted by molar-refractivity contribution is -0.109. The van der Waals surface area contributed by atoms with Crippen molar-refractivity contribution >= 4 is 11.6 Å². The van der Waals surface area contributed by atoms with Crippen LogP contribution in [0, 0.1) is 11.3 Å². The van der Waals surface area contributed by atoms with Gasteiger partial charge in [-0.3, -0.25) is 0 Å². The summed E-state index contributed by atoms with van der Waals surface area (Å²) in [6, 6.07) is 8.50. The van der Waals surface area contributed by atoms with Gasteiger partial charge in [0.25, 0.3) is 5.92 Å². The molecule has 2 rings (SSSR count). The SMILES string of the molecule is N#CC1(c2ccc(Cl)cc2)CC(F)(F)C1. The zero-order valence-electron chi connectivity index (χ0n) is 7.80. The van der Waals surface area contributed by atoms with E-state index in [1.807, 2.05) is 6.07 Å². The van der Waals surface area contributed by atoms with Gasteiger partial charge < -0.3 is 0 Å². The molecule has 0 bridgehead atoms. The van der Waals surface area contributed by atoms with Crippen molar-refractivity contribution in [2.75, 3.05) is 0 Å². The van der Waals surface area contributed by atoms with Crippen LogP contribution in [0.15, 0.2) is 24.3 Å². The average molecular weight is 228 g/mol. The molecule has 0 atom stereocenters. The van der Waals surface area contributed by atoms with Crippen LogP contribution in [0.25, 0.3) is 0 Å². The standard InChI is InChI=1S/C11H8ClF2N/c12-9-3-1-8(2-4-9)10(7-15)5-11(13,14)6-10/h1-4H,5-6H2. The summed E-state index contributed by atoms with van der Waals surface area (Å²) >= 11 is 5.69. The minimum atomic E-state index is -2.70. The molecule has 0 radical (unpaired) electrons. The van der Waals surface area contributed by atoms with Crippen LogP contribution in [-0.4, -0.2) is 5.92 Å². The average Bonchev–Trinajstić information content (AvgIpc) is 2.14. The highest BCUT2D eigenvalue weighted by atomic mass is 35.5. The van der Waals surface area contributed by atoms with Crippen molar-refractivity contribution in [3.63, 3.8) is 0 Å². The van der Waals surface area contributed by atoms with E-state index in [0.717, 1.165) is 0 Å². The Balaban J connectivity index is 2.31. The van der Waals surface area contributed by atoms with E-state index in [2.05, 4.69) is 0 Å². The molecule has 0 heterocycles. The van der Waals surface area contributed by atoms with Gasteiger partial charge in [-0.1, -0.05) is 23.7 Å². The summed E-state index contributed by atoms with van der Waals surface area (Å²) in [7, 11) is 0. The van der Waals surface area contributed by atoms with Crippen LogP contribution in [0.3, 0.4) is 0 Å². The Labute approximate surface area is 91.3 Å². The first kappa shape index (κ1) is 10.4. The van der Waals surface area contributed by atoms with E-state index in [0.29, 0.717) is 10.6 Å². The zero-order valence-corrected chi connectivity index (χ0v) is 8.56. The predicted molar refractivity (Wildman–Crippen MR) is 52.9 cm³/mol. The molecule has 0 spiro atoms. The van der Waals surface area contributed by atoms with E-state index in [-0.39, 0.29) is 0 Å². The number of rotatable bonds is 1. The van der Waals surface area contributed by atoms with Crippen molar-refractivity contribution in [3.05, 3.63) is 34.9 Å². The molecule has 1 aliphatic carbocycles. The molecule has 78 valence electrons. The second-order valence-electron chi connectivity index (χ2n) is 3.91. The molecule has 1 aliphatic rings. The van der Waals surface area contributed by atoms with Gasteiger partial charge >= 0.3 is 0 Å². The smallest absolute Gasteiger partial charge is 0.207 e. The van der Waals surface area contributed by atoms with Crippen molar-refractivity contribution in [1.29, 1.82) is 5.26 Å². The first-order valence-electron chi connectivity index (χ1n) is 4.53. The maximum absolute atomic E-state index is 12.8. The summed E-state index contributed by atoms with van der Waals surface area (Å²) in [5.74, 6) is -2.70. The van der Waals surface area contributed by atoms with Gasteiger partial charge in [-0.2, -0.15) is 5.26 Å². The largest absolute Gasteiger partial charge is 0.251 e. The Morgan fingerprint density at radius 2 is 1.73 bits per heavy atom. The first-order valence-corrected chi connectivity index (χ1v) is 4.90. The number of benzene rings is 1. The third kappa shape index (κ3) is 1.70. The van der Waals surface area contributed by atoms with Gasteiger partial charge in [0, 0.05) is 17.9 Å². The molecule has 1 nitrogen and oxygen atoms in total. The summed E-state index contributed by atoms with van der Waals surface area (Å²) in [6.07, 6.45) is -0.781. The second kappa shape index (κ2) is 3.18. The van der Waals surface area contributed by atoms with E-state index in [4.69, 9.17) is 16.9 Å². The van der Waals surface area contributed by atoms with Gasteiger partial charge in [0.15, 0.2) is 0 Å². The van der Waals surface area contributed by atoms with E-state index >= 15 is 0 Å². The number of hydrogen-bond donors (Lipinski definition) is 0. The Bertz CT molecular complexity index is 411. The lowest BCUT2D eigenvalue weighted by Crippen LogP contribution is -2.48. The molecule has 1 saturated carbocycles. The molecule has 1 aromatic rings. The van der Waals surface area contributed by atoms with Crippen LogP contribution in [0.4, 0.5) is 8.78 Å². The van der Waals surface area contributed by atoms with Gasteiger partial charge in [-0.25, -0.2) is 8.78 Å². The van der Waals surface area contributed by atoms with Crippen LogP contribution in [0.1, 0.15) is 18.4 Å². The molecule has 4 heteroatoms. The Kier molecular flexibility index (Phi) is 2.20. The number of nitrogens with zero attached hydrogens (tertiary/aromatic N) is 1. The van der Waals surface area contributed by atoms with Crippen molar-refractivity contribution in [1.82, 2.24) is 0 Å². The van der Waals surface area contributed by atoms with E-state index in [1.54, 1.807) is 24.3 Å². The highest BCUT2D eigenvalue weighted by Gasteiger charge is 2.57. The molecule has 0 amide bonds. The van der Waals surface area contributed by atoms with Crippen LogP contribution < -0.4 is 0 Å². The molecular formula is C11H8ClF2N. The fourth-order valence-corrected chi connectivity index (χ4v) is 2.07. The molecule has 0 unspecified atom stereocenters. The number of hydrogen-bond acceptors (Lipinski definition) is 1. The molecule has 0 aromatic heterocycles. The first-order chi connectivity index (χ1) is 6.97. The van der Waals surface area contributed by atoms with Crippen molar-refractivity contribution in [2.24, 2.45) is 0 Å². The third-order valence-electron chi connectivity index (χ3n) is 2.73. The molecule has 1 fully saturated rings. The second-order valence-corrected chi connectivity index (χ2v) is 4.35. The molecule has 0 N–H and O–H groups in total. The molecular weight excluding hydrogens is 220 g/mol. The van der Waals surface area contributed by atoms with Crippen molar-refractivity contribution in [3.8, 4) is 6.07 Å². The highest BCUT2D eigenvalue weighted by Crippen LogP contribution is 2.53. The van der Waals surface area contributed by atoms with Gasteiger partial charge in [0.1, 0.15) is 0 Å². The fourth-order valence-electron chi connectivity index (χ4n) is 1.95. The third-order valence-corrected chi connectivity index (χ3v) is 2.98. The minimum absolute atomic E-state index is 0.391. The number of alkyl halides is 2. The monoisotopic (exact) mass is 227 g/mol. The van der Waals surface area contributed by atoms with Crippen LogP contribution in [-0.2, 0) is 5.41 Å². The molecule has 15 heavy (non-hydrogen) atoms. The van der Waals surface area contributed by atoms with Crippen molar-refractivity contribution in [2.45, 2.75) is 24.2 Å². The van der Waals surface area contributed by atoms with E-state index in [9.17, 15) is 8.78 Å². The number of nitriles is 1. The Morgan fingerprint density at radius 1 is 1.20 bits per heavy atom. The maximum atomic E-state index is 12.8. The molecule has 0 aliphatic heterocycles. The van der Waals surface area contributed by atoms with Crippen LogP contribution >= 0.6 is 11.6 Å². The maximum Gasteiger partial charge on any atom is 0.251 e. The minimum Gasteiger partial charge on any atom is -0.207 e. The van der Waals surface area contributed by atoms with Gasteiger partial charge in [0.05, 0.1) is 11.5 Å². The molecule has 0 saturated heterocycles. The normalized spacial score (nSPS) is 21.5. The fraction of sp³-hybridized carbons (Fsp3) is 0.364. The summed E-state index contributed by atoms with van der Waals surface area (Å²) in [4.78, 5) is 0. The predicted octanol–water partition coefficient (Wildman–Crippen LogP) is 3.53. The highest BCUT2D eigenvalue weighted by molar-refractivity contribution is 6.30. The lowest BCUT2D eigenvalue weighted by atomic mass is 9.63. The van der Waals surface area contributed by atoms with Crippen molar-refractivity contribution < 1.29 is 8.78 Å². The topological polar surface area (TPSA) is 23.8 Å². The van der Waals surface area contributed by atoms with Gasteiger partial charge in [0.2, 0.25) is 0 Å². The molecule has 1 aromatic carbocycles. The van der Waals surface area contributed by atoms with E-state index < -0.39 is 24.2 Å². The number of halogens is 3. The van der Waals surface area contributed by atoms with Crippen LogP contribution in [0.5, 0.6) is 0 Å². The summed E-state index contributed by atoms with van der Waals surface area (Å²) < 4.78 is 25.6. The summed E-state index contributed by atoms with van der Waals surface area (Å²) in [5, 5.41) is 9.51. The lowest BCUT2D eigenvalue weighted by Gasteiger charge is -2.42. The quantitative estimate of drug-likeness (QED) is 0.720. The van der Waals surface area contributed by atoms with Crippen LogP contribution in [0.2, 0.25) is 5.02 Å². The summed E-state index contributed by atoms with van der Waals surface area (Å²) in [6.45, 7) is 0. The van der Waals surface area contributed by atoms with Gasteiger partial charge in [-0.05, 0) is 17.7 Å². The van der Waals surface area contributed by atoms with Gasteiger partial charge in [-0.15, -0.1) is 0 Å². The Hall–Kier alpha value is -1.14. The van der Waals surface area contributed by atoms with E-state index in [1.165, 1.54) is 0 Å². The Morgan fingerprint density at radius 3 is 2.13 bits per heavy atom. The zero-order chi connectivity index (χ0) is 11.1.